The van der Waals surface area contributed by atoms with E-state index in [1.54, 1.807) is 0 Å². The van der Waals surface area contributed by atoms with Crippen molar-refractivity contribution in [1.82, 2.24) is 20.1 Å². The first kappa shape index (κ1) is 22.4. The highest BCUT2D eigenvalue weighted by Crippen LogP contribution is 2.34. The van der Waals surface area contributed by atoms with Gasteiger partial charge in [-0.25, -0.2) is 9.67 Å². The van der Waals surface area contributed by atoms with Gasteiger partial charge in [0.25, 0.3) is 5.91 Å². The van der Waals surface area contributed by atoms with E-state index in [4.69, 9.17) is 17.3 Å². The van der Waals surface area contributed by atoms with Crippen LogP contribution in [0.1, 0.15) is 16.1 Å². The van der Waals surface area contributed by atoms with Gasteiger partial charge in [-0.3, -0.25) is 4.79 Å². The highest BCUT2D eigenvalue weighted by atomic mass is 35.5. The van der Waals surface area contributed by atoms with Crippen molar-refractivity contribution in [2.45, 2.75) is 6.18 Å². The zero-order valence-corrected chi connectivity index (χ0v) is 14.3. The third kappa shape index (κ3) is 4.73. The molecule has 0 radical (unpaired) electrons. The zero-order chi connectivity index (χ0) is 16.3. The number of halogens is 6. The van der Waals surface area contributed by atoms with Crippen molar-refractivity contribution in [2.75, 3.05) is 13.1 Å². The van der Waals surface area contributed by atoms with Crippen LogP contribution < -0.4 is 11.1 Å². The summed E-state index contributed by atoms with van der Waals surface area (Å²) in [5.41, 5.74) is 3.34. The van der Waals surface area contributed by atoms with E-state index in [0.717, 1.165) is 6.20 Å². The largest absolute Gasteiger partial charge is 0.434 e. The Hall–Kier alpha value is -1.55. The van der Waals surface area contributed by atoms with Crippen molar-refractivity contribution in [3.8, 4) is 5.82 Å². The van der Waals surface area contributed by atoms with Gasteiger partial charge in [-0.2, -0.15) is 18.3 Å². The maximum atomic E-state index is 13.3. The second-order valence-corrected chi connectivity index (χ2v) is 4.58. The molecule has 12 heteroatoms. The molecule has 3 N–H and O–H groups in total. The van der Waals surface area contributed by atoms with E-state index in [1.165, 1.54) is 18.3 Å². The molecule has 0 spiro atoms. The number of pyridine rings is 1. The molecule has 2 aromatic rings. The second-order valence-electron chi connectivity index (χ2n) is 4.17. The maximum absolute atomic E-state index is 13.3. The topological polar surface area (TPSA) is 85.8 Å². The van der Waals surface area contributed by atoms with Crippen molar-refractivity contribution < 1.29 is 18.0 Å². The Balaban J connectivity index is 0.00000264. The van der Waals surface area contributed by atoms with Crippen molar-refractivity contribution in [3.63, 3.8) is 0 Å². The number of nitrogens with one attached hydrogen (secondary N) is 1. The Morgan fingerprint density at radius 1 is 1.38 bits per heavy atom. The van der Waals surface area contributed by atoms with E-state index in [9.17, 15) is 18.0 Å². The minimum atomic E-state index is -4.81. The first-order valence-corrected chi connectivity index (χ1v) is 6.48. The molecule has 134 valence electrons. The van der Waals surface area contributed by atoms with Crippen LogP contribution in [0.3, 0.4) is 0 Å². The molecule has 2 heterocycles. The predicted octanol–water partition coefficient (Wildman–Crippen LogP) is 2.47. The normalized spacial score (nSPS) is 10.5. The minimum absolute atomic E-state index is 0. The number of amides is 1. The lowest BCUT2D eigenvalue weighted by molar-refractivity contribution is -0.143. The van der Waals surface area contributed by atoms with E-state index in [1.807, 2.05) is 0 Å². The molecule has 0 aliphatic heterocycles. The number of hydrogen-bond donors (Lipinski definition) is 2. The molecule has 1 amide bonds. The fourth-order valence-electron chi connectivity index (χ4n) is 1.76. The molecule has 0 saturated heterocycles. The number of rotatable bonds is 4. The molecule has 2 rings (SSSR count). The molecule has 0 atom stereocenters. The molecule has 0 aromatic carbocycles. The van der Waals surface area contributed by atoms with E-state index in [-0.39, 0.29) is 48.7 Å². The molecule has 0 fully saturated rings. The van der Waals surface area contributed by atoms with Gasteiger partial charge < -0.3 is 11.1 Å². The standard InChI is InChI=1S/C12H11ClF3N5O.2ClH/c13-8-2-1-4-18-10(8)21-9(12(14,15)16)7(6-20-21)11(22)19-5-3-17;;/h1-2,4,6H,3,5,17H2,(H,19,22);2*1H. The number of nitrogens with zero attached hydrogens (tertiary/aromatic N) is 3. The number of carbonyl (C=O) groups excluding carboxylic acids is 1. The van der Waals surface area contributed by atoms with Crippen LogP contribution in [0.25, 0.3) is 5.82 Å². The molecular weight excluding hydrogens is 394 g/mol. The van der Waals surface area contributed by atoms with Crippen LogP contribution in [0.4, 0.5) is 13.2 Å². The van der Waals surface area contributed by atoms with Gasteiger partial charge >= 0.3 is 6.18 Å². The fourth-order valence-corrected chi connectivity index (χ4v) is 1.96. The first-order valence-electron chi connectivity index (χ1n) is 6.10. The molecule has 0 aliphatic carbocycles. The minimum Gasteiger partial charge on any atom is -0.351 e. The molecule has 0 saturated carbocycles. The first-order chi connectivity index (χ1) is 10.4. The molecule has 0 unspecified atom stereocenters. The number of carbonyl (C=O) groups is 1. The average molecular weight is 407 g/mol. The number of nitrogens with two attached hydrogens (primary N) is 1. The van der Waals surface area contributed by atoms with Crippen LogP contribution in [-0.4, -0.2) is 33.8 Å². The summed E-state index contributed by atoms with van der Waals surface area (Å²) in [5, 5.41) is 5.85. The van der Waals surface area contributed by atoms with Gasteiger partial charge in [-0.15, -0.1) is 24.8 Å². The van der Waals surface area contributed by atoms with Gasteiger partial charge in [0.15, 0.2) is 11.5 Å². The van der Waals surface area contributed by atoms with Crippen LogP contribution in [-0.2, 0) is 6.18 Å². The summed E-state index contributed by atoms with van der Waals surface area (Å²) in [4.78, 5) is 15.6. The number of aromatic nitrogens is 3. The summed E-state index contributed by atoms with van der Waals surface area (Å²) < 4.78 is 40.4. The SMILES string of the molecule is Cl.Cl.NCCNC(=O)c1cnn(-c2ncccc2Cl)c1C(F)(F)F. The second kappa shape index (κ2) is 9.07. The maximum Gasteiger partial charge on any atom is 0.434 e. The summed E-state index contributed by atoms with van der Waals surface area (Å²) in [6, 6.07) is 2.84. The van der Waals surface area contributed by atoms with Crippen molar-refractivity contribution >= 4 is 42.3 Å². The van der Waals surface area contributed by atoms with Gasteiger partial charge in [0.05, 0.1) is 16.8 Å². The quantitative estimate of drug-likeness (QED) is 0.817. The van der Waals surface area contributed by atoms with Crippen LogP contribution in [0.2, 0.25) is 5.02 Å². The number of hydrogen-bond acceptors (Lipinski definition) is 4. The lowest BCUT2D eigenvalue weighted by Crippen LogP contribution is -2.30. The predicted molar refractivity (Wildman–Crippen MR) is 87.3 cm³/mol. The van der Waals surface area contributed by atoms with Crippen LogP contribution in [0.15, 0.2) is 24.5 Å². The smallest absolute Gasteiger partial charge is 0.351 e. The van der Waals surface area contributed by atoms with Gasteiger partial charge in [0.2, 0.25) is 0 Å². The van der Waals surface area contributed by atoms with E-state index >= 15 is 0 Å². The Morgan fingerprint density at radius 3 is 2.58 bits per heavy atom. The summed E-state index contributed by atoms with van der Waals surface area (Å²) in [5.74, 6) is -1.13. The molecular formula is C12H13Cl3F3N5O. The van der Waals surface area contributed by atoms with Crippen LogP contribution in [0.5, 0.6) is 0 Å². The van der Waals surface area contributed by atoms with Crippen molar-refractivity contribution in [2.24, 2.45) is 5.73 Å². The molecule has 24 heavy (non-hydrogen) atoms. The van der Waals surface area contributed by atoms with E-state index in [0.29, 0.717) is 4.68 Å². The zero-order valence-electron chi connectivity index (χ0n) is 11.9. The van der Waals surface area contributed by atoms with Crippen LogP contribution >= 0.6 is 36.4 Å². The van der Waals surface area contributed by atoms with Gasteiger partial charge in [-0.05, 0) is 12.1 Å². The molecule has 0 bridgehead atoms. The average Bonchev–Trinajstić information content (AvgIpc) is 2.90. The highest BCUT2D eigenvalue weighted by molar-refractivity contribution is 6.32. The Bertz CT molecular complexity index is 693. The Labute approximate surface area is 152 Å². The molecule has 6 nitrogen and oxygen atoms in total. The number of alkyl halides is 3. The summed E-state index contributed by atoms with van der Waals surface area (Å²) in [7, 11) is 0. The highest BCUT2D eigenvalue weighted by Gasteiger charge is 2.41. The van der Waals surface area contributed by atoms with Crippen molar-refractivity contribution in [3.05, 3.63) is 40.8 Å². The summed E-state index contributed by atoms with van der Waals surface area (Å²) in [6.45, 7) is 0.152. The van der Waals surface area contributed by atoms with Gasteiger partial charge in [-0.1, -0.05) is 11.6 Å². The Morgan fingerprint density at radius 2 is 2.04 bits per heavy atom. The van der Waals surface area contributed by atoms with Crippen LogP contribution in [0, 0.1) is 0 Å². The van der Waals surface area contributed by atoms with Gasteiger partial charge in [0.1, 0.15) is 0 Å². The lowest BCUT2D eigenvalue weighted by Gasteiger charge is -2.12. The molecule has 0 aliphatic rings. The van der Waals surface area contributed by atoms with E-state index in [2.05, 4.69) is 15.4 Å². The van der Waals surface area contributed by atoms with Crippen molar-refractivity contribution in [1.29, 1.82) is 0 Å². The van der Waals surface area contributed by atoms with E-state index < -0.39 is 23.3 Å². The Kier molecular flexibility index (Phi) is 8.48. The lowest BCUT2D eigenvalue weighted by atomic mass is 10.2. The third-order valence-electron chi connectivity index (χ3n) is 2.65. The fraction of sp³-hybridized carbons (Fsp3) is 0.250. The monoisotopic (exact) mass is 405 g/mol. The van der Waals surface area contributed by atoms with Gasteiger partial charge in [0, 0.05) is 19.3 Å². The molecule has 2 aromatic heterocycles. The third-order valence-corrected chi connectivity index (χ3v) is 2.95. The summed E-state index contributed by atoms with van der Waals surface area (Å²) in [6.07, 6.45) is -2.72. The summed E-state index contributed by atoms with van der Waals surface area (Å²) >= 11 is 5.85.